The van der Waals surface area contributed by atoms with Gasteiger partial charge in [-0.3, -0.25) is 0 Å². The highest BCUT2D eigenvalue weighted by Gasteiger charge is 1.95. The second-order valence-electron chi connectivity index (χ2n) is 1.66. The summed E-state index contributed by atoms with van der Waals surface area (Å²) in [4.78, 5) is 0. The monoisotopic (exact) mass is 240 g/mol. The molecule has 4 nitrogen and oxygen atoms in total. The molecule has 5 heteroatoms. The van der Waals surface area contributed by atoms with E-state index in [4.69, 9.17) is 5.73 Å². The molecular weight excluding hydrogens is 231 g/mol. The summed E-state index contributed by atoms with van der Waals surface area (Å²) in [5.41, 5.74) is 5.33. The Hall–Kier alpha value is -0.330. The maximum atomic E-state index is 5.33. The van der Waals surface area contributed by atoms with Gasteiger partial charge in [-0.05, 0) is 6.92 Å². The molecule has 0 aliphatic rings. The summed E-state index contributed by atoms with van der Waals surface area (Å²) >= 11 is 0. The molecule has 0 saturated carbocycles. The number of hydrogen-bond acceptors (Lipinski definition) is 3. The number of nitrogens with two attached hydrogens (primary N) is 1. The fourth-order valence-corrected chi connectivity index (χ4v) is 0.424. The molecule has 0 radical (unpaired) electrons. The fourth-order valence-electron chi connectivity index (χ4n) is 0.424. The van der Waals surface area contributed by atoms with Crippen molar-refractivity contribution in [2.45, 2.75) is 6.92 Å². The topological polar surface area (TPSA) is 56.7 Å². The molecule has 1 aromatic heterocycles. The molecule has 1 heterocycles. The van der Waals surface area contributed by atoms with Crippen LogP contribution in [0.1, 0.15) is 5.82 Å². The molecule has 0 saturated heterocycles. The molecule has 0 aliphatic carbocycles. The fraction of sp³-hybridized carbons (Fsp3) is 0.500. The van der Waals surface area contributed by atoms with Crippen LogP contribution in [-0.4, -0.2) is 14.8 Å². The Morgan fingerprint density at radius 2 is 2.00 bits per heavy atom. The van der Waals surface area contributed by atoms with E-state index in [1.807, 2.05) is 14.0 Å². The molecule has 0 atom stereocenters. The van der Waals surface area contributed by atoms with E-state index in [2.05, 4.69) is 10.2 Å². The zero-order valence-electron chi connectivity index (χ0n) is 5.33. The maximum Gasteiger partial charge on any atom is 0.221 e. The second-order valence-corrected chi connectivity index (χ2v) is 1.66. The van der Waals surface area contributed by atoms with Crippen LogP contribution in [0, 0.1) is 6.92 Å². The van der Waals surface area contributed by atoms with Gasteiger partial charge in [0.1, 0.15) is 5.82 Å². The van der Waals surface area contributed by atoms with Crippen LogP contribution in [0.15, 0.2) is 0 Å². The van der Waals surface area contributed by atoms with Crippen LogP contribution < -0.4 is 5.73 Å². The van der Waals surface area contributed by atoms with Crippen molar-refractivity contribution in [1.29, 1.82) is 0 Å². The highest BCUT2D eigenvalue weighted by molar-refractivity contribution is 14.0. The summed E-state index contributed by atoms with van der Waals surface area (Å²) < 4.78 is 1.72. The van der Waals surface area contributed by atoms with Crippen LogP contribution in [-0.2, 0) is 7.05 Å². The third kappa shape index (κ3) is 1.54. The van der Waals surface area contributed by atoms with Gasteiger partial charge in [0, 0.05) is 7.05 Å². The minimum atomic E-state index is 0. The predicted octanol–water partition coefficient (Wildman–Crippen LogP) is 0.324. The van der Waals surface area contributed by atoms with E-state index in [1.165, 1.54) is 0 Å². The lowest BCUT2D eigenvalue weighted by Gasteiger charge is -1.90. The van der Waals surface area contributed by atoms with Crippen LogP contribution >= 0.6 is 24.0 Å². The lowest BCUT2D eigenvalue weighted by atomic mass is 10.7. The lowest BCUT2D eigenvalue weighted by Crippen LogP contribution is -1.97. The molecular formula is C4H9IN4. The highest BCUT2D eigenvalue weighted by atomic mass is 127. The van der Waals surface area contributed by atoms with Gasteiger partial charge in [-0.25, -0.2) is 0 Å². The number of aromatic nitrogens is 3. The van der Waals surface area contributed by atoms with Crippen LogP contribution in [0.5, 0.6) is 0 Å². The number of halogens is 1. The molecule has 0 fully saturated rings. The van der Waals surface area contributed by atoms with Gasteiger partial charge in [0.05, 0.1) is 0 Å². The molecule has 2 N–H and O–H groups in total. The van der Waals surface area contributed by atoms with Crippen molar-refractivity contribution in [3.8, 4) is 0 Å². The van der Waals surface area contributed by atoms with Gasteiger partial charge >= 0.3 is 0 Å². The largest absolute Gasteiger partial charge is 0.368 e. The number of hydrogen-bond donors (Lipinski definition) is 1. The first-order valence-corrected chi connectivity index (χ1v) is 2.33. The van der Waals surface area contributed by atoms with E-state index in [0.717, 1.165) is 5.82 Å². The summed E-state index contributed by atoms with van der Waals surface area (Å²) in [5.74, 6) is 1.30. The van der Waals surface area contributed by atoms with E-state index in [-0.39, 0.29) is 24.0 Å². The van der Waals surface area contributed by atoms with Crippen molar-refractivity contribution in [3.05, 3.63) is 5.82 Å². The van der Waals surface area contributed by atoms with Crippen LogP contribution in [0.3, 0.4) is 0 Å². The van der Waals surface area contributed by atoms with Crippen molar-refractivity contribution in [2.24, 2.45) is 7.05 Å². The Balaban J connectivity index is 0.000000640. The van der Waals surface area contributed by atoms with Gasteiger partial charge < -0.3 is 10.3 Å². The van der Waals surface area contributed by atoms with Gasteiger partial charge in [-0.2, -0.15) is 0 Å². The van der Waals surface area contributed by atoms with E-state index >= 15 is 0 Å². The number of aryl methyl sites for hydroxylation is 1. The Bertz CT molecular complexity index is 175. The average Bonchev–Trinajstić information content (AvgIpc) is 1.98. The second kappa shape index (κ2) is 3.00. The van der Waals surface area contributed by atoms with Gasteiger partial charge in [-0.15, -0.1) is 34.2 Å². The molecule has 0 bridgehead atoms. The van der Waals surface area contributed by atoms with Gasteiger partial charge in [0.2, 0.25) is 5.95 Å². The summed E-state index contributed by atoms with van der Waals surface area (Å²) in [7, 11) is 1.82. The van der Waals surface area contributed by atoms with Gasteiger partial charge in [-0.1, -0.05) is 0 Å². The van der Waals surface area contributed by atoms with Crippen molar-refractivity contribution < 1.29 is 0 Å². The maximum absolute atomic E-state index is 5.33. The highest BCUT2D eigenvalue weighted by Crippen LogP contribution is 1.95. The summed E-state index contributed by atoms with van der Waals surface area (Å²) in [6.07, 6.45) is 0. The molecule has 1 aromatic rings. The Kier molecular flexibility index (Phi) is 2.89. The van der Waals surface area contributed by atoms with Crippen LogP contribution in [0.4, 0.5) is 5.95 Å². The van der Waals surface area contributed by atoms with Crippen molar-refractivity contribution >= 4 is 29.9 Å². The Labute approximate surface area is 70.5 Å². The normalized spacial score (nSPS) is 8.67. The number of nitrogen functional groups attached to an aromatic ring is 1. The van der Waals surface area contributed by atoms with Crippen molar-refractivity contribution in [1.82, 2.24) is 14.8 Å². The van der Waals surface area contributed by atoms with Gasteiger partial charge in [0.15, 0.2) is 0 Å². The number of rotatable bonds is 0. The van der Waals surface area contributed by atoms with Crippen LogP contribution in [0.2, 0.25) is 0 Å². The molecule has 0 unspecified atom stereocenters. The van der Waals surface area contributed by atoms with Gasteiger partial charge in [0.25, 0.3) is 0 Å². The first-order valence-electron chi connectivity index (χ1n) is 2.33. The first-order chi connectivity index (χ1) is 3.72. The minimum absolute atomic E-state index is 0. The average molecular weight is 240 g/mol. The van der Waals surface area contributed by atoms with Crippen molar-refractivity contribution in [3.63, 3.8) is 0 Å². The first kappa shape index (κ1) is 8.67. The molecule has 9 heavy (non-hydrogen) atoms. The summed E-state index contributed by atoms with van der Waals surface area (Å²) in [6.45, 7) is 1.85. The predicted molar refractivity (Wildman–Crippen MR) is 45.6 cm³/mol. The zero-order valence-corrected chi connectivity index (χ0v) is 7.66. The van der Waals surface area contributed by atoms with Crippen molar-refractivity contribution in [2.75, 3.05) is 5.73 Å². The van der Waals surface area contributed by atoms with E-state index in [0.29, 0.717) is 5.95 Å². The summed E-state index contributed by atoms with van der Waals surface area (Å²) in [6, 6.07) is 0. The van der Waals surface area contributed by atoms with E-state index in [9.17, 15) is 0 Å². The number of nitrogens with zero attached hydrogens (tertiary/aromatic N) is 3. The lowest BCUT2D eigenvalue weighted by molar-refractivity contribution is 0.868. The number of anilines is 1. The Morgan fingerprint density at radius 1 is 1.44 bits per heavy atom. The molecule has 0 amide bonds. The standard InChI is InChI=1S/C4H8N4.HI/c1-3-6-7-4(5)8(3)2;/h1-2H3,(H2,5,7);1H. The Morgan fingerprint density at radius 3 is 2.11 bits per heavy atom. The molecule has 0 aliphatic heterocycles. The quantitative estimate of drug-likeness (QED) is 0.664. The molecule has 0 aromatic carbocycles. The molecule has 52 valence electrons. The zero-order chi connectivity index (χ0) is 6.15. The molecule has 0 spiro atoms. The molecule has 1 rings (SSSR count). The third-order valence-corrected chi connectivity index (χ3v) is 1.13. The van der Waals surface area contributed by atoms with E-state index in [1.54, 1.807) is 4.57 Å². The van der Waals surface area contributed by atoms with Crippen LogP contribution in [0.25, 0.3) is 0 Å². The third-order valence-electron chi connectivity index (χ3n) is 1.13. The van der Waals surface area contributed by atoms with E-state index < -0.39 is 0 Å². The minimum Gasteiger partial charge on any atom is -0.368 e. The summed E-state index contributed by atoms with van der Waals surface area (Å²) in [5, 5.41) is 7.31. The smallest absolute Gasteiger partial charge is 0.221 e. The SMILES string of the molecule is Cc1nnc(N)n1C.I.